The molecule has 0 aliphatic rings. The second kappa shape index (κ2) is 14.7. The molecule has 0 rings (SSSR count). The molecule has 0 aromatic rings. The van der Waals surface area contributed by atoms with E-state index in [-0.39, 0.29) is 29.1 Å². The zero-order chi connectivity index (χ0) is 12.3. The van der Waals surface area contributed by atoms with E-state index in [1.807, 2.05) is 0 Å². The van der Waals surface area contributed by atoms with Crippen molar-refractivity contribution in [1.29, 1.82) is 0 Å². The van der Waals surface area contributed by atoms with Crippen molar-refractivity contribution >= 4 is 5.97 Å². The number of esters is 1. The molecule has 0 saturated heterocycles. The molecule has 0 aliphatic carbocycles. The molecule has 94 valence electrons. The van der Waals surface area contributed by atoms with Gasteiger partial charge in [0.15, 0.2) is 0 Å². The molecule has 0 aromatic heterocycles. The van der Waals surface area contributed by atoms with Gasteiger partial charge in [0.25, 0.3) is 0 Å². The number of carbonyl (C=O) groups is 1. The molecule has 0 aliphatic heterocycles. The van der Waals surface area contributed by atoms with E-state index in [2.05, 4.69) is 34.3 Å². The number of rotatable bonds is 5. The molecule has 2 nitrogen and oxygen atoms in total. The van der Waals surface area contributed by atoms with Crippen molar-refractivity contribution < 1.29 is 26.6 Å². The summed E-state index contributed by atoms with van der Waals surface area (Å²) in [5.41, 5.74) is 0. The SMILES string of the molecule is C=CC(=O)OC(C)C([CH2-])C[CH2-].[CH2-]CC[CH2-].[Fe+4]. The van der Waals surface area contributed by atoms with Gasteiger partial charge >= 0.3 is 23.0 Å². The van der Waals surface area contributed by atoms with Crippen molar-refractivity contribution in [1.82, 2.24) is 0 Å². The molecule has 0 saturated carbocycles. The fourth-order valence-electron chi connectivity index (χ4n) is 0.562. The maximum absolute atomic E-state index is 10.7. The van der Waals surface area contributed by atoms with E-state index < -0.39 is 5.97 Å². The minimum atomic E-state index is -0.403. The summed E-state index contributed by atoms with van der Waals surface area (Å²) in [7, 11) is 0. The molecule has 0 fully saturated rings. The normalized spacial score (nSPS) is 12.3. The van der Waals surface area contributed by atoms with Gasteiger partial charge in [-0.3, -0.25) is 0 Å². The number of unbranched alkanes of at least 4 members (excludes halogenated alkanes) is 1. The van der Waals surface area contributed by atoms with Gasteiger partial charge in [0.05, 0.1) is 6.10 Å². The summed E-state index contributed by atoms with van der Waals surface area (Å²) in [5.74, 6) is -0.349. The van der Waals surface area contributed by atoms with E-state index in [4.69, 9.17) is 4.74 Å². The zero-order valence-corrected chi connectivity index (χ0v) is 11.2. The maximum Gasteiger partial charge on any atom is 4.00 e. The average Bonchev–Trinajstić information content (AvgIpc) is 2.27. The second-order valence-electron chi connectivity index (χ2n) is 3.10. The number of hydrogen-bond acceptors (Lipinski definition) is 2. The van der Waals surface area contributed by atoms with E-state index in [1.165, 1.54) is 0 Å². The van der Waals surface area contributed by atoms with E-state index >= 15 is 0 Å². The summed E-state index contributed by atoms with van der Waals surface area (Å²) in [4.78, 5) is 10.7. The molecule has 0 amide bonds. The minimum Gasteiger partial charge on any atom is -0.462 e. The maximum atomic E-state index is 10.7. The van der Waals surface area contributed by atoms with Crippen molar-refractivity contribution in [3.63, 3.8) is 0 Å². The summed E-state index contributed by atoms with van der Waals surface area (Å²) in [6.45, 7) is 19.6. The molecule has 2 atom stereocenters. The van der Waals surface area contributed by atoms with Crippen LogP contribution in [0.25, 0.3) is 0 Å². The smallest absolute Gasteiger partial charge is 0.462 e. The topological polar surface area (TPSA) is 26.3 Å². The van der Waals surface area contributed by atoms with Gasteiger partial charge in [0.1, 0.15) is 0 Å². The Morgan fingerprint density at radius 2 is 1.81 bits per heavy atom. The molecule has 16 heavy (non-hydrogen) atoms. The molecule has 2 unspecified atom stereocenters. The third-order valence-electron chi connectivity index (χ3n) is 1.75. The van der Waals surface area contributed by atoms with Crippen LogP contribution in [0.1, 0.15) is 26.2 Å². The fraction of sp³-hybridized carbons (Fsp3) is 0.462. The first-order chi connectivity index (χ1) is 7.03. The summed E-state index contributed by atoms with van der Waals surface area (Å²) in [6, 6.07) is 0. The molecule has 0 N–H and O–H groups in total. The van der Waals surface area contributed by atoms with Crippen LogP contribution in [-0.2, 0) is 26.6 Å². The Hall–Kier alpha value is -0.271. The van der Waals surface area contributed by atoms with Crippen LogP contribution >= 0.6 is 0 Å². The Kier molecular flexibility index (Phi) is 19.4. The average molecular weight is 266 g/mol. The molecular formula is C13H22FeO2. The Balaban J connectivity index is -0.000000292. The Morgan fingerprint density at radius 1 is 1.38 bits per heavy atom. The Bertz CT molecular complexity index is 167. The quantitative estimate of drug-likeness (QED) is 0.330. The van der Waals surface area contributed by atoms with Crippen LogP contribution in [0.2, 0.25) is 0 Å². The number of ether oxygens (including phenoxy) is 1. The van der Waals surface area contributed by atoms with Crippen LogP contribution < -0.4 is 0 Å². The summed E-state index contributed by atoms with van der Waals surface area (Å²) >= 11 is 0. The van der Waals surface area contributed by atoms with Gasteiger partial charge in [-0.2, -0.15) is 5.92 Å². The number of hydrogen-bond donors (Lipinski definition) is 0. The van der Waals surface area contributed by atoms with Crippen molar-refractivity contribution in [2.75, 3.05) is 0 Å². The van der Waals surface area contributed by atoms with Gasteiger partial charge in [-0.25, -0.2) is 24.1 Å². The predicted octanol–water partition coefficient (Wildman–Crippen LogP) is 3.21. The minimum absolute atomic E-state index is 0. The molecule has 0 radical (unpaired) electrons. The van der Waals surface area contributed by atoms with Crippen LogP contribution in [0.4, 0.5) is 0 Å². The van der Waals surface area contributed by atoms with Crippen LogP contribution in [0.5, 0.6) is 0 Å². The molecular weight excluding hydrogens is 244 g/mol. The fourth-order valence-corrected chi connectivity index (χ4v) is 0.562. The van der Waals surface area contributed by atoms with E-state index in [0.717, 1.165) is 18.9 Å². The first kappa shape index (κ1) is 21.1. The van der Waals surface area contributed by atoms with E-state index in [0.29, 0.717) is 6.42 Å². The molecule has 0 spiro atoms. The Labute approximate surface area is 111 Å². The van der Waals surface area contributed by atoms with Crippen LogP contribution in [0, 0.1) is 33.6 Å². The van der Waals surface area contributed by atoms with Crippen LogP contribution in [0.15, 0.2) is 12.7 Å². The van der Waals surface area contributed by atoms with E-state index in [9.17, 15) is 4.79 Å². The third-order valence-corrected chi connectivity index (χ3v) is 1.75. The predicted molar refractivity (Wildman–Crippen MR) is 64.5 cm³/mol. The zero-order valence-electron chi connectivity index (χ0n) is 10.1. The van der Waals surface area contributed by atoms with Gasteiger partial charge in [0.2, 0.25) is 0 Å². The number of carbonyl (C=O) groups excluding carboxylic acids is 1. The summed E-state index contributed by atoms with van der Waals surface area (Å²) < 4.78 is 4.89. The molecule has 0 bridgehead atoms. The van der Waals surface area contributed by atoms with E-state index in [1.54, 1.807) is 6.92 Å². The standard InChI is InChI=1S/C9H14O2.C4H8.Fe/c1-5-7(3)8(4)11-9(10)6-2;1-3-4-2;/h6-8H,1-3,5H2,4H3;1-4H2;/q2*-2;+4. The van der Waals surface area contributed by atoms with Crippen molar-refractivity contribution in [2.45, 2.75) is 32.3 Å². The van der Waals surface area contributed by atoms with Gasteiger partial charge < -0.3 is 32.4 Å². The van der Waals surface area contributed by atoms with Gasteiger partial charge in [-0.1, -0.05) is 6.58 Å². The van der Waals surface area contributed by atoms with Gasteiger partial charge in [-0.05, 0) is 6.92 Å². The Morgan fingerprint density at radius 3 is 2.06 bits per heavy atom. The van der Waals surface area contributed by atoms with Gasteiger partial charge in [0, 0.05) is 6.08 Å². The van der Waals surface area contributed by atoms with Crippen LogP contribution in [0.3, 0.4) is 0 Å². The largest absolute Gasteiger partial charge is 4.00 e. The second-order valence-corrected chi connectivity index (χ2v) is 3.10. The van der Waals surface area contributed by atoms with Gasteiger partial charge in [-0.15, -0.1) is 0 Å². The van der Waals surface area contributed by atoms with Crippen LogP contribution in [-0.4, -0.2) is 12.1 Å². The van der Waals surface area contributed by atoms with Crippen molar-refractivity contribution in [3.05, 3.63) is 40.3 Å². The molecule has 3 heteroatoms. The van der Waals surface area contributed by atoms with Crippen molar-refractivity contribution in [3.8, 4) is 0 Å². The molecule has 0 heterocycles. The molecule has 0 aromatic carbocycles. The first-order valence-electron chi connectivity index (χ1n) is 5.07. The summed E-state index contributed by atoms with van der Waals surface area (Å²) in [5, 5.41) is 0. The van der Waals surface area contributed by atoms with Crippen molar-refractivity contribution in [2.24, 2.45) is 5.92 Å². The first-order valence-corrected chi connectivity index (χ1v) is 5.07. The third kappa shape index (κ3) is 13.7. The summed E-state index contributed by atoms with van der Waals surface area (Å²) in [6.07, 6.45) is 3.54. The monoisotopic (exact) mass is 266 g/mol.